The van der Waals surface area contributed by atoms with Crippen LogP contribution in [0.1, 0.15) is 33.4 Å². The second-order valence-electron chi connectivity index (χ2n) is 8.92. The van der Waals surface area contributed by atoms with Crippen LogP contribution in [0.3, 0.4) is 0 Å². The number of rotatable bonds is 5. The summed E-state index contributed by atoms with van der Waals surface area (Å²) in [5, 5.41) is 0. The van der Waals surface area contributed by atoms with Crippen molar-refractivity contribution in [2.45, 2.75) is 12.0 Å². The number of carbonyl (C=O) groups excluding carboxylic acids is 2. The standard InChI is InChI=1S/C27H29N5O4/c1-30-25(18-7-6-9-28-17-18)24(19-15-21(35-2)22(36-3)16-20(19)26(30)33)27(34)32-13-11-31(12-14-32)23-8-4-5-10-29-23/h4-10,15-17,24-25H,11-14H2,1-3H3/t24-,25-/m0/s1. The minimum absolute atomic E-state index is 0.0302. The highest BCUT2D eigenvalue weighted by Gasteiger charge is 2.45. The van der Waals surface area contributed by atoms with Crippen molar-refractivity contribution in [1.82, 2.24) is 19.8 Å². The van der Waals surface area contributed by atoms with E-state index in [1.54, 1.807) is 49.8 Å². The number of piperazine rings is 1. The molecule has 2 atom stereocenters. The maximum atomic E-state index is 14.2. The maximum Gasteiger partial charge on any atom is 0.254 e. The van der Waals surface area contributed by atoms with E-state index in [-0.39, 0.29) is 11.8 Å². The third-order valence-electron chi connectivity index (χ3n) is 7.03. The van der Waals surface area contributed by atoms with E-state index in [9.17, 15) is 9.59 Å². The number of aromatic nitrogens is 2. The molecule has 4 heterocycles. The largest absolute Gasteiger partial charge is 0.493 e. The minimum Gasteiger partial charge on any atom is -0.493 e. The van der Waals surface area contributed by atoms with Gasteiger partial charge < -0.3 is 24.2 Å². The molecule has 0 spiro atoms. The van der Waals surface area contributed by atoms with Crippen molar-refractivity contribution in [1.29, 1.82) is 0 Å². The fraction of sp³-hybridized carbons (Fsp3) is 0.333. The number of pyridine rings is 2. The highest BCUT2D eigenvalue weighted by Crippen LogP contribution is 2.46. The van der Waals surface area contributed by atoms with Gasteiger partial charge in [0.2, 0.25) is 5.91 Å². The molecule has 2 aliphatic heterocycles. The zero-order valence-corrected chi connectivity index (χ0v) is 20.6. The Kier molecular flexibility index (Phi) is 6.45. The van der Waals surface area contributed by atoms with Crippen molar-refractivity contribution in [3.05, 3.63) is 77.7 Å². The molecule has 0 saturated carbocycles. The van der Waals surface area contributed by atoms with Gasteiger partial charge in [-0.25, -0.2) is 4.98 Å². The van der Waals surface area contributed by atoms with Crippen LogP contribution in [0.5, 0.6) is 11.5 Å². The highest BCUT2D eigenvalue weighted by molar-refractivity contribution is 6.02. The number of methoxy groups -OCH3 is 2. The van der Waals surface area contributed by atoms with Gasteiger partial charge in [0.25, 0.3) is 5.91 Å². The molecule has 2 amide bonds. The molecule has 9 nitrogen and oxygen atoms in total. The molecule has 2 aromatic heterocycles. The quantitative estimate of drug-likeness (QED) is 0.547. The van der Waals surface area contributed by atoms with Gasteiger partial charge in [-0.3, -0.25) is 14.6 Å². The number of hydrogen-bond donors (Lipinski definition) is 0. The third kappa shape index (κ3) is 4.10. The first kappa shape index (κ1) is 23.6. The van der Waals surface area contributed by atoms with E-state index in [1.807, 2.05) is 35.2 Å². The van der Waals surface area contributed by atoms with Crippen LogP contribution in [0.4, 0.5) is 5.82 Å². The van der Waals surface area contributed by atoms with Crippen LogP contribution in [-0.4, -0.2) is 79.0 Å². The predicted octanol–water partition coefficient (Wildman–Crippen LogP) is 2.75. The molecule has 0 radical (unpaired) electrons. The van der Waals surface area contributed by atoms with Gasteiger partial charge in [0.15, 0.2) is 11.5 Å². The van der Waals surface area contributed by atoms with E-state index in [1.165, 1.54) is 7.11 Å². The minimum atomic E-state index is -0.617. The summed E-state index contributed by atoms with van der Waals surface area (Å²) in [5.41, 5.74) is 1.89. The number of carbonyl (C=O) groups is 2. The van der Waals surface area contributed by atoms with E-state index < -0.39 is 12.0 Å². The van der Waals surface area contributed by atoms with Crippen LogP contribution in [0, 0.1) is 0 Å². The Hall–Kier alpha value is -4.14. The van der Waals surface area contributed by atoms with Gasteiger partial charge in [0, 0.05) is 57.4 Å². The Morgan fingerprint density at radius 3 is 2.36 bits per heavy atom. The number of benzene rings is 1. The third-order valence-corrected chi connectivity index (χ3v) is 7.03. The van der Waals surface area contributed by atoms with Gasteiger partial charge in [-0.05, 0) is 41.5 Å². The molecule has 0 aliphatic carbocycles. The van der Waals surface area contributed by atoms with Crippen LogP contribution in [-0.2, 0) is 4.79 Å². The Morgan fingerprint density at radius 1 is 0.972 bits per heavy atom. The average molecular weight is 488 g/mol. The molecular formula is C27H29N5O4. The number of amides is 2. The molecule has 9 heteroatoms. The normalized spacial score (nSPS) is 19.6. The van der Waals surface area contributed by atoms with Gasteiger partial charge in [-0.2, -0.15) is 0 Å². The van der Waals surface area contributed by atoms with Crippen molar-refractivity contribution in [2.24, 2.45) is 0 Å². The number of nitrogens with zero attached hydrogens (tertiary/aromatic N) is 5. The number of hydrogen-bond acceptors (Lipinski definition) is 7. The zero-order chi connectivity index (χ0) is 25.2. The fourth-order valence-corrected chi connectivity index (χ4v) is 5.18. The molecule has 1 saturated heterocycles. The SMILES string of the molecule is COc1cc2c(cc1OC)[C@H](C(=O)N1CCN(c3ccccn3)CC1)[C@H](c1cccnc1)N(C)C2=O. The van der Waals surface area contributed by atoms with Gasteiger partial charge in [0.1, 0.15) is 5.82 Å². The summed E-state index contributed by atoms with van der Waals surface area (Å²) in [6, 6.07) is 12.5. The van der Waals surface area contributed by atoms with Crippen LogP contribution < -0.4 is 14.4 Å². The van der Waals surface area contributed by atoms with Gasteiger partial charge in [-0.15, -0.1) is 0 Å². The first-order valence-electron chi connectivity index (χ1n) is 11.9. The van der Waals surface area contributed by atoms with Crippen molar-refractivity contribution in [3.63, 3.8) is 0 Å². The second kappa shape index (κ2) is 9.85. The second-order valence-corrected chi connectivity index (χ2v) is 8.92. The molecule has 1 fully saturated rings. The van der Waals surface area contributed by atoms with Crippen LogP contribution in [0.2, 0.25) is 0 Å². The first-order valence-corrected chi connectivity index (χ1v) is 11.9. The molecule has 0 N–H and O–H groups in total. The number of anilines is 1. The number of fused-ring (bicyclic) bond motifs is 1. The summed E-state index contributed by atoms with van der Waals surface area (Å²) in [5.74, 6) is 1.02. The van der Waals surface area contributed by atoms with E-state index in [4.69, 9.17) is 9.47 Å². The highest BCUT2D eigenvalue weighted by atomic mass is 16.5. The lowest BCUT2D eigenvalue weighted by molar-refractivity contribution is -0.134. The van der Waals surface area contributed by atoms with Gasteiger partial charge in [0.05, 0.1) is 26.2 Å². The smallest absolute Gasteiger partial charge is 0.254 e. The summed E-state index contributed by atoms with van der Waals surface area (Å²) < 4.78 is 11.0. The van der Waals surface area contributed by atoms with Crippen LogP contribution >= 0.6 is 0 Å². The lowest BCUT2D eigenvalue weighted by Gasteiger charge is -2.43. The van der Waals surface area contributed by atoms with Crippen molar-refractivity contribution >= 4 is 17.6 Å². The lowest BCUT2D eigenvalue weighted by atomic mass is 9.79. The molecule has 1 aromatic carbocycles. The molecule has 2 aliphatic rings. The first-order chi connectivity index (χ1) is 17.5. The predicted molar refractivity (Wildman–Crippen MR) is 134 cm³/mol. The average Bonchev–Trinajstić information content (AvgIpc) is 2.94. The van der Waals surface area contributed by atoms with Crippen LogP contribution in [0.25, 0.3) is 0 Å². The van der Waals surface area contributed by atoms with E-state index >= 15 is 0 Å². The summed E-state index contributed by atoms with van der Waals surface area (Å²) in [7, 11) is 4.82. The van der Waals surface area contributed by atoms with E-state index in [0.29, 0.717) is 48.8 Å². The maximum absolute atomic E-state index is 14.2. The molecule has 36 heavy (non-hydrogen) atoms. The fourth-order valence-electron chi connectivity index (χ4n) is 5.18. The molecule has 3 aromatic rings. The zero-order valence-electron chi connectivity index (χ0n) is 20.6. The molecule has 0 unspecified atom stereocenters. The Balaban J connectivity index is 1.53. The topological polar surface area (TPSA) is 88.1 Å². The summed E-state index contributed by atoms with van der Waals surface area (Å²) >= 11 is 0. The Labute approximate surface area is 210 Å². The summed E-state index contributed by atoms with van der Waals surface area (Å²) in [6.45, 7) is 2.49. The summed E-state index contributed by atoms with van der Waals surface area (Å²) in [6.07, 6.45) is 5.18. The Morgan fingerprint density at radius 2 is 1.72 bits per heavy atom. The van der Waals surface area contributed by atoms with Crippen molar-refractivity contribution in [3.8, 4) is 11.5 Å². The number of likely N-dealkylation sites (N-methyl/N-ethyl adjacent to an activating group) is 1. The monoisotopic (exact) mass is 487 g/mol. The molecule has 186 valence electrons. The Bertz CT molecular complexity index is 1250. The van der Waals surface area contributed by atoms with Gasteiger partial charge >= 0.3 is 0 Å². The molecular weight excluding hydrogens is 458 g/mol. The molecule has 5 rings (SSSR count). The van der Waals surface area contributed by atoms with Crippen LogP contribution in [0.15, 0.2) is 61.1 Å². The van der Waals surface area contributed by atoms with Gasteiger partial charge in [-0.1, -0.05) is 12.1 Å². The van der Waals surface area contributed by atoms with E-state index in [2.05, 4.69) is 14.9 Å². The molecule has 0 bridgehead atoms. The summed E-state index contributed by atoms with van der Waals surface area (Å²) in [4.78, 5) is 42.1. The lowest BCUT2D eigenvalue weighted by Crippen LogP contribution is -2.53. The number of ether oxygens (including phenoxy) is 2. The van der Waals surface area contributed by atoms with Crippen molar-refractivity contribution < 1.29 is 19.1 Å². The van der Waals surface area contributed by atoms with E-state index in [0.717, 1.165) is 11.4 Å². The van der Waals surface area contributed by atoms with Crippen molar-refractivity contribution in [2.75, 3.05) is 52.3 Å².